The molecule has 7 N–H and O–H groups in total. The first-order chi connectivity index (χ1) is 17.4. The van der Waals surface area contributed by atoms with Crippen molar-refractivity contribution in [3.05, 3.63) is 45.7 Å². The van der Waals surface area contributed by atoms with E-state index >= 15 is 0 Å². The van der Waals surface area contributed by atoms with Crippen LogP contribution in [0.25, 0.3) is 5.76 Å². The van der Waals surface area contributed by atoms with Gasteiger partial charge in [0.25, 0.3) is 5.91 Å². The van der Waals surface area contributed by atoms with E-state index in [9.17, 15) is 44.7 Å². The summed E-state index contributed by atoms with van der Waals surface area (Å²) in [5, 5.41) is 55.4. The summed E-state index contributed by atoms with van der Waals surface area (Å²) in [5.41, 5.74) is 1.79. The first-order valence-electron chi connectivity index (χ1n) is 12.4. The first kappa shape index (κ1) is 25.2. The van der Waals surface area contributed by atoms with Crippen LogP contribution in [0.15, 0.2) is 29.0 Å². The maximum Gasteiger partial charge on any atom is 0.255 e. The van der Waals surface area contributed by atoms with Gasteiger partial charge in [-0.25, -0.2) is 0 Å². The van der Waals surface area contributed by atoms with Crippen molar-refractivity contribution in [2.24, 2.45) is 23.5 Å². The summed E-state index contributed by atoms with van der Waals surface area (Å²) in [4.78, 5) is 51.0. The number of aliphatic hydroxyl groups is 4. The molecule has 5 rings (SSSR count). The molecular weight excluding hydrogens is 482 g/mol. The average Bonchev–Trinajstić information content (AvgIpc) is 3.38. The number of hydrogen-bond donors (Lipinski definition) is 6. The third-order valence-electron chi connectivity index (χ3n) is 8.74. The number of rotatable bonds is 4. The lowest BCUT2D eigenvalue weighted by Crippen LogP contribution is -2.64. The number of phenolic OH excluding ortho intramolecular Hbond substituents is 1. The van der Waals surface area contributed by atoms with E-state index in [4.69, 9.17) is 5.73 Å². The van der Waals surface area contributed by atoms with Gasteiger partial charge in [-0.15, -0.1) is 0 Å². The van der Waals surface area contributed by atoms with Gasteiger partial charge < -0.3 is 31.3 Å². The van der Waals surface area contributed by atoms with Crippen LogP contribution < -0.4 is 5.73 Å². The Bertz CT molecular complexity index is 1320. The Hall–Kier alpha value is -3.50. The minimum atomic E-state index is -2.87. The molecular formula is C27H29NO9. The molecule has 10 heteroatoms. The fourth-order valence-corrected chi connectivity index (χ4v) is 6.90. The number of hydrogen-bond acceptors (Lipinski definition) is 9. The highest BCUT2D eigenvalue weighted by Gasteiger charge is 2.65. The van der Waals surface area contributed by atoms with Crippen molar-refractivity contribution in [2.45, 2.75) is 63.1 Å². The molecule has 1 aromatic rings. The zero-order valence-corrected chi connectivity index (χ0v) is 20.2. The Morgan fingerprint density at radius 2 is 1.76 bits per heavy atom. The molecule has 2 fully saturated rings. The van der Waals surface area contributed by atoms with Gasteiger partial charge in [-0.3, -0.25) is 19.2 Å². The molecule has 0 heterocycles. The summed E-state index contributed by atoms with van der Waals surface area (Å²) in [7, 11) is 0. The van der Waals surface area contributed by atoms with Gasteiger partial charge in [0.1, 0.15) is 28.6 Å². The zero-order valence-electron chi connectivity index (χ0n) is 20.2. The highest BCUT2D eigenvalue weighted by atomic mass is 16.4. The average molecular weight is 512 g/mol. The number of phenols is 1. The third kappa shape index (κ3) is 3.39. The van der Waals surface area contributed by atoms with Crippen LogP contribution in [0.3, 0.4) is 0 Å². The monoisotopic (exact) mass is 511 g/mol. The molecule has 4 aliphatic rings. The van der Waals surface area contributed by atoms with E-state index < -0.39 is 76.0 Å². The number of aliphatic hydroxyl groups excluding tert-OH is 3. The van der Waals surface area contributed by atoms with Gasteiger partial charge in [0.05, 0.1) is 11.7 Å². The summed E-state index contributed by atoms with van der Waals surface area (Å²) < 4.78 is 0. The standard InChI is InChI=1S/C27H29NO9/c1-10-17-12(8-15(30)11-4-2-3-5-11)6-7-14(29)19(17)23(33)21-18(10)22(32)13-9-16(31)20(26(28)36)24(34)27(13,37)25(21)35/h6-7,10-11,13,18,22,29,32-34,37H,2-5,8-9H2,1H3,(H2,28,36). The van der Waals surface area contributed by atoms with Crippen molar-refractivity contribution in [3.63, 3.8) is 0 Å². The zero-order chi connectivity index (χ0) is 27.0. The Balaban J connectivity index is 1.68. The van der Waals surface area contributed by atoms with Crippen LogP contribution in [0, 0.1) is 17.8 Å². The van der Waals surface area contributed by atoms with Gasteiger partial charge in [0.15, 0.2) is 11.4 Å². The predicted octanol–water partition coefficient (Wildman–Crippen LogP) is 1.26. The number of amides is 1. The van der Waals surface area contributed by atoms with Gasteiger partial charge in [-0.2, -0.15) is 0 Å². The molecule has 1 amide bonds. The lowest BCUT2D eigenvalue weighted by Gasteiger charge is -2.50. The Labute approximate surface area is 212 Å². The molecule has 196 valence electrons. The van der Waals surface area contributed by atoms with Crippen LogP contribution in [-0.4, -0.2) is 60.5 Å². The SMILES string of the molecule is CC1c2c(CC(=O)C3CCCC3)ccc(O)c2C(O)=C2C(=O)C3(O)C(O)=C(C(N)=O)C(=O)CC3C(O)C21. The van der Waals surface area contributed by atoms with Crippen molar-refractivity contribution < 1.29 is 44.7 Å². The molecule has 37 heavy (non-hydrogen) atoms. The fraction of sp³-hybridized carbons (Fsp3) is 0.481. The minimum Gasteiger partial charge on any atom is -0.508 e. The second kappa shape index (κ2) is 8.53. The molecule has 5 atom stereocenters. The van der Waals surface area contributed by atoms with Crippen LogP contribution in [0.1, 0.15) is 61.6 Å². The van der Waals surface area contributed by atoms with Crippen molar-refractivity contribution in [3.8, 4) is 5.75 Å². The molecule has 1 aromatic carbocycles. The van der Waals surface area contributed by atoms with Crippen molar-refractivity contribution in [2.75, 3.05) is 0 Å². The summed E-state index contributed by atoms with van der Waals surface area (Å²) in [6.07, 6.45) is 1.37. The van der Waals surface area contributed by atoms with Crippen LogP contribution >= 0.6 is 0 Å². The van der Waals surface area contributed by atoms with E-state index in [2.05, 4.69) is 0 Å². The Morgan fingerprint density at radius 3 is 2.38 bits per heavy atom. The van der Waals surface area contributed by atoms with Crippen LogP contribution in [0.4, 0.5) is 0 Å². The van der Waals surface area contributed by atoms with E-state index in [0.717, 1.165) is 25.7 Å². The summed E-state index contributed by atoms with van der Waals surface area (Å²) in [5.74, 6) is -9.17. The van der Waals surface area contributed by atoms with E-state index in [0.29, 0.717) is 11.1 Å². The van der Waals surface area contributed by atoms with E-state index in [1.165, 1.54) is 6.07 Å². The topological polar surface area (TPSA) is 195 Å². The van der Waals surface area contributed by atoms with Gasteiger partial charge in [0, 0.05) is 36.2 Å². The molecule has 10 nitrogen and oxygen atoms in total. The highest BCUT2D eigenvalue weighted by molar-refractivity contribution is 6.23. The lowest BCUT2D eigenvalue weighted by molar-refractivity contribution is -0.160. The molecule has 0 spiro atoms. The van der Waals surface area contributed by atoms with E-state index in [-0.39, 0.29) is 29.4 Å². The summed E-state index contributed by atoms with van der Waals surface area (Å²) in [6, 6.07) is 2.89. The number of carbonyl (C=O) groups excluding carboxylic acids is 4. The minimum absolute atomic E-state index is 0.0356. The summed E-state index contributed by atoms with van der Waals surface area (Å²) >= 11 is 0. The van der Waals surface area contributed by atoms with Gasteiger partial charge in [0.2, 0.25) is 5.78 Å². The van der Waals surface area contributed by atoms with Crippen LogP contribution in [0.2, 0.25) is 0 Å². The largest absolute Gasteiger partial charge is 0.508 e. The van der Waals surface area contributed by atoms with Crippen molar-refractivity contribution >= 4 is 29.0 Å². The molecule has 0 radical (unpaired) electrons. The van der Waals surface area contributed by atoms with Crippen LogP contribution in [-0.2, 0) is 25.6 Å². The van der Waals surface area contributed by atoms with E-state index in [1.807, 2.05) is 0 Å². The molecule has 0 aliphatic heterocycles. The number of carbonyl (C=O) groups is 4. The Kier molecular flexibility index (Phi) is 5.80. The second-order valence-electron chi connectivity index (χ2n) is 10.6. The number of fused-ring (bicyclic) bond motifs is 3. The first-order valence-corrected chi connectivity index (χ1v) is 12.4. The van der Waals surface area contributed by atoms with Gasteiger partial charge in [-0.05, 0) is 36.0 Å². The number of primary amides is 1. The number of nitrogens with two attached hydrogens (primary N) is 1. The fourth-order valence-electron chi connectivity index (χ4n) is 6.90. The molecule has 2 saturated carbocycles. The molecule has 5 unspecified atom stereocenters. The third-order valence-corrected chi connectivity index (χ3v) is 8.74. The number of aromatic hydroxyl groups is 1. The molecule has 0 saturated heterocycles. The number of Topliss-reactive ketones (excluding diaryl/α,β-unsaturated/α-hetero) is 3. The second-order valence-corrected chi connectivity index (χ2v) is 10.6. The van der Waals surface area contributed by atoms with Gasteiger partial charge >= 0.3 is 0 Å². The predicted molar refractivity (Wildman–Crippen MR) is 128 cm³/mol. The lowest BCUT2D eigenvalue weighted by atomic mass is 9.55. The van der Waals surface area contributed by atoms with Crippen molar-refractivity contribution in [1.82, 2.24) is 0 Å². The number of benzene rings is 1. The van der Waals surface area contributed by atoms with Crippen molar-refractivity contribution in [1.29, 1.82) is 0 Å². The molecule has 4 aliphatic carbocycles. The molecule has 0 bridgehead atoms. The van der Waals surface area contributed by atoms with Gasteiger partial charge in [-0.1, -0.05) is 25.8 Å². The van der Waals surface area contributed by atoms with E-state index in [1.54, 1.807) is 13.0 Å². The summed E-state index contributed by atoms with van der Waals surface area (Å²) in [6.45, 7) is 1.66. The highest BCUT2D eigenvalue weighted by Crippen LogP contribution is 2.56. The maximum absolute atomic E-state index is 13.7. The molecule has 0 aromatic heterocycles. The quantitative estimate of drug-likeness (QED) is 0.322. The van der Waals surface area contributed by atoms with Crippen LogP contribution in [0.5, 0.6) is 5.75 Å². The smallest absolute Gasteiger partial charge is 0.255 e. The Morgan fingerprint density at radius 1 is 1.11 bits per heavy atom. The maximum atomic E-state index is 13.7. The number of ketones is 3. The normalized spacial score (nSPS) is 31.8.